The second-order valence-corrected chi connectivity index (χ2v) is 11.9. The van der Waals surface area contributed by atoms with E-state index in [9.17, 15) is 15.0 Å². The number of aromatic nitrogens is 3. The van der Waals surface area contributed by atoms with Crippen LogP contribution in [-0.2, 0) is 17.4 Å². The number of nitrogens with zero attached hydrogens (tertiary/aromatic N) is 3. The molecule has 3 rings (SSSR count). The summed E-state index contributed by atoms with van der Waals surface area (Å²) in [5.41, 5.74) is 2.01. The van der Waals surface area contributed by atoms with Crippen molar-refractivity contribution in [1.29, 1.82) is 0 Å². The number of rotatable bonds is 6. The Labute approximate surface area is 204 Å². The summed E-state index contributed by atoms with van der Waals surface area (Å²) in [6.45, 7) is 15.0. The van der Waals surface area contributed by atoms with Gasteiger partial charge in [0.1, 0.15) is 5.75 Å². The first-order valence-electron chi connectivity index (χ1n) is 12.6. The van der Waals surface area contributed by atoms with Gasteiger partial charge in [0.05, 0.1) is 6.10 Å². The van der Waals surface area contributed by atoms with E-state index in [1.807, 2.05) is 16.8 Å². The lowest BCUT2D eigenvalue weighted by Crippen LogP contribution is -2.31. The number of aliphatic hydroxyl groups excluding tert-OH is 1. The standard InChI is InChI=1S/C27H42N4O3/c1-17(32)15-28-25(34)23-29-24(31(30-23)16-18-11-9-8-10-12-18)19-13-20(26(2,3)4)22(33)21(14-19)27(5,6)7/h13-14,17-18,32-33H,8-12,15-16H2,1-7H3,(H,28,34)/t17-/m0/s1. The van der Waals surface area contributed by atoms with Gasteiger partial charge in [-0.05, 0) is 48.6 Å². The molecule has 34 heavy (non-hydrogen) atoms. The van der Waals surface area contributed by atoms with E-state index in [2.05, 4.69) is 56.9 Å². The van der Waals surface area contributed by atoms with Crippen LogP contribution in [0.15, 0.2) is 12.1 Å². The zero-order chi connectivity index (χ0) is 25.3. The third-order valence-electron chi connectivity index (χ3n) is 6.57. The number of aliphatic hydroxyl groups is 1. The third kappa shape index (κ3) is 6.17. The van der Waals surface area contributed by atoms with Gasteiger partial charge in [-0.3, -0.25) is 4.79 Å². The summed E-state index contributed by atoms with van der Waals surface area (Å²) >= 11 is 0. The quantitative estimate of drug-likeness (QED) is 0.555. The predicted octanol–water partition coefficient (Wildman–Crippen LogP) is 4.94. The van der Waals surface area contributed by atoms with Gasteiger partial charge in [0.15, 0.2) is 5.82 Å². The molecule has 3 N–H and O–H groups in total. The van der Waals surface area contributed by atoms with Crippen molar-refractivity contribution in [3.63, 3.8) is 0 Å². The fourth-order valence-corrected chi connectivity index (χ4v) is 4.62. The maximum absolute atomic E-state index is 12.7. The van der Waals surface area contributed by atoms with Gasteiger partial charge in [0.25, 0.3) is 5.91 Å². The first kappa shape index (κ1) is 26.2. The van der Waals surface area contributed by atoms with Crippen molar-refractivity contribution in [3.05, 3.63) is 29.1 Å². The van der Waals surface area contributed by atoms with Gasteiger partial charge in [0, 0.05) is 29.8 Å². The highest BCUT2D eigenvalue weighted by molar-refractivity contribution is 5.90. The lowest BCUT2D eigenvalue weighted by molar-refractivity contribution is 0.0913. The molecule has 0 spiro atoms. The van der Waals surface area contributed by atoms with Crippen LogP contribution in [0, 0.1) is 5.92 Å². The molecule has 1 atom stereocenters. The molecule has 1 aliphatic carbocycles. The van der Waals surface area contributed by atoms with Crippen LogP contribution in [0.25, 0.3) is 11.4 Å². The highest BCUT2D eigenvalue weighted by Gasteiger charge is 2.29. The molecular formula is C27H42N4O3. The molecular weight excluding hydrogens is 428 g/mol. The van der Waals surface area contributed by atoms with E-state index in [0.29, 0.717) is 24.0 Å². The number of hydrogen-bond donors (Lipinski definition) is 3. The van der Waals surface area contributed by atoms with E-state index < -0.39 is 12.0 Å². The van der Waals surface area contributed by atoms with Crippen LogP contribution in [-0.4, -0.2) is 43.5 Å². The van der Waals surface area contributed by atoms with Gasteiger partial charge in [0.2, 0.25) is 5.82 Å². The van der Waals surface area contributed by atoms with Crippen LogP contribution in [0.5, 0.6) is 5.75 Å². The predicted molar refractivity (Wildman–Crippen MR) is 135 cm³/mol. The van der Waals surface area contributed by atoms with Crippen LogP contribution in [0.2, 0.25) is 0 Å². The molecule has 7 heteroatoms. The summed E-state index contributed by atoms with van der Waals surface area (Å²) in [4.78, 5) is 17.4. The number of aromatic hydroxyl groups is 1. The molecule has 0 bridgehead atoms. The smallest absolute Gasteiger partial charge is 0.291 e. The Kier molecular flexibility index (Phi) is 7.75. The van der Waals surface area contributed by atoms with Crippen molar-refractivity contribution in [2.24, 2.45) is 5.92 Å². The number of benzene rings is 1. The van der Waals surface area contributed by atoms with Gasteiger partial charge in [-0.15, -0.1) is 5.10 Å². The first-order chi connectivity index (χ1) is 15.8. The van der Waals surface area contributed by atoms with Crippen LogP contribution < -0.4 is 5.32 Å². The summed E-state index contributed by atoms with van der Waals surface area (Å²) in [5.74, 6) is 1.18. The summed E-state index contributed by atoms with van der Waals surface area (Å²) < 4.78 is 1.87. The average Bonchev–Trinajstić information content (AvgIpc) is 3.15. The van der Waals surface area contributed by atoms with E-state index >= 15 is 0 Å². The van der Waals surface area contributed by atoms with E-state index in [1.54, 1.807) is 6.92 Å². The molecule has 0 saturated heterocycles. The molecule has 1 aromatic heterocycles. The Bertz CT molecular complexity index is 971. The molecule has 1 aromatic carbocycles. The fourth-order valence-electron chi connectivity index (χ4n) is 4.62. The Morgan fingerprint density at radius 1 is 1.09 bits per heavy atom. The van der Waals surface area contributed by atoms with Crippen molar-refractivity contribution >= 4 is 5.91 Å². The largest absolute Gasteiger partial charge is 0.507 e. The molecule has 0 unspecified atom stereocenters. The molecule has 1 fully saturated rings. The summed E-state index contributed by atoms with van der Waals surface area (Å²) in [7, 11) is 0. The topological polar surface area (TPSA) is 100 Å². The first-order valence-corrected chi connectivity index (χ1v) is 12.6. The minimum Gasteiger partial charge on any atom is -0.507 e. The Hall–Kier alpha value is -2.41. The van der Waals surface area contributed by atoms with Crippen LogP contribution in [0.1, 0.15) is 102 Å². The van der Waals surface area contributed by atoms with Crippen LogP contribution in [0.4, 0.5) is 0 Å². The average molecular weight is 471 g/mol. The van der Waals surface area contributed by atoms with Crippen molar-refractivity contribution < 1.29 is 15.0 Å². The Morgan fingerprint density at radius 3 is 2.15 bits per heavy atom. The molecule has 1 amide bonds. The van der Waals surface area contributed by atoms with Crippen molar-refractivity contribution in [3.8, 4) is 17.1 Å². The number of hydrogen-bond acceptors (Lipinski definition) is 5. The zero-order valence-corrected chi connectivity index (χ0v) is 21.9. The van der Waals surface area contributed by atoms with E-state index in [4.69, 9.17) is 0 Å². The van der Waals surface area contributed by atoms with E-state index in [1.165, 1.54) is 19.3 Å². The molecule has 1 heterocycles. The second kappa shape index (κ2) is 10.1. The van der Waals surface area contributed by atoms with Crippen molar-refractivity contribution in [2.45, 2.75) is 104 Å². The number of carbonyl (C=O) groups excluding carboxylic acids is 1. The number of nitrogens with one attached hydrogen (secondary N) is 1. The minimum atomic E-state index is -0.645. The van der Waals surface area contributed by atoms with Crippen molar-refractivity contribution in [1.82, 2.24) is 20.1 Å². The SMILES string of the molecule is C[C@H](O)CNC(=O)c1nc(-c2cc(C(C)(C)C)c(O)c(C(C)(C)C)c2)n(CC2CCCCC2)n1. The number of carbonyl (C=O) groups is 1. The third-order valence-corrected chi connectivity index (χ3v) is 6.57. The number of phenolic OH excluding ortho intramolecular Hbond substituents is 1. The summed E-state index contributed by atoms with van der Waals surface area (Å²) in [6, 6.07) is 3.98. The summed E-state index contributed by atoms with van der Waals surface area (Å²) in [6.07, 6.45) is 5.37. The number of phenols is 1. The normalized spacial score (nSPS) is 16.5. The van der Waals surface area contributed by atoms with E-state index in [-0.39, 0.29) is 23.2 Å². The lowest BCUT2D eigenvalue weighted by Gasteiger charge is -2.28. The van der Waals surface area contributed by atoms with Gasteiger partial charge in [-0.1, -0.05) is 60.8 Å². The van der Waals surface area contributed by atoms with Crippen LogP contribution >= 0.6 is 0 Å². The Morgan fingerprint density at radius 2 is 1.65 bits per heavy atom. The minimum absolute atomic E-state index is 0.106. The molecule has 0 aliphatic heterocycles. The van der Waals surface area contributed by atoms with Crippen LogP contribution in [0.3, 0.4) is 0 Å². The van der Waals surface area contributed by atoms with Gasteiger partial charge >= 0.3 is 0 Å². The van der Waals surface area contributed by atoms with E-state index in [0.717, 1.165) is 29.5 Å². The maximum atomic E-state index is 12.7. The molecule has 0 radical (unpaired) electrons. The van der Waals surface area contributed by atoms with Crippen molar-refractivity contribution in [2.75, 3.05) is 6.54 Å². The monoisotopic (exact) mass is 470 g/mol. The molecule has 2 aromatic rings. The zero-order valence-electron chi connectivity index (χ0n) is 21.9. The maximum Gasteiger partial charge on any atom is 0.291 e. The molecule has 7 nitrogen and oxygen atoms in total. The molecule has 188 valence electrons. The molecule has 1 aliphatic rings. The lowest BCUT2D eigenvalue weighted by atomic mass is 9.78. The Balaban J connectivity index is 2.13. The fraction of sp³-hybridized carbons (Fsp3) is 0.667. The summed E-state index contributed by atoms with van der Waals surface area (Å²) in [5, 5.41) is 28.0. The second-order valence-electron chi connectivity index (χ2n) is 11.9. The number of amides is 1. The van der Waals surface area contributed by atoms with Gasteiger partial charge < -0.3 is 15.5 Å². The van der Waals surface area contributed by atoms with Gasteiger partial charge in [-0.2, -0.15) is 0 Å². The molecule has 1 saturated carbocycles. The van der Waals surface area contributed by atoms with Gasteiger partial charge in [-0.25, -0.2) is 9.67 Å². The highest BCUT2D eigenvalue weighted by Crippen LogP contribution is 2.42. The highest BCUT2D eigenvalue weighted by atomic mass is 16.3.